The number of carbonyl (C=O) groups is 2. The smallest absolute Gasteiger partial charge is 0.234 e. The van der Waals surface area contributed by atoms with Crippen molar-refractivity contribution in [3.05, 3.63) is 59.7 Å². The zero-order valence-electron chi connectivity index (χ0n) is 15.5. The minimum atomic E-state index is -0.285. The van der Waals surface area contributed by atoms with E-state index in [1.807, 2.05) is 48.5 Å². The molecule has 3 rings (SSSR count). The summed E-state index contributed by atoms with van der Waals surface area (Å²) in [6.07, 6.45) is 2.01. The van der Waals surface area contributed by atoms with Crippen molar-refractivity contribution >= 4 is 17.5 Å². The molecule has 1 aliphatic rings. The first-order valence-corrected chi connectivity index (χ1v) is 9.11. The van der Waals surface area contributed by atoms with Gasteiger partial charge < -0.3 is 15.8 Å². The number of hydrogen-bond donors (Lipinski definition) is 2. The molecule has 0 radical (unpaired) electrons. The first-order chi connectivity index (χ1) is 13.1. The van der Waals surface area contributed by atoms with Crippen LogP contribution in [0.1, 0.15) is 24.0 Å². The molecule has 1 atom stereocenters. The van der Waals surface area contributed by atoms with E-state index in [9.17, 15) is 9.59 Å². The maximum Gasteiger partial charge on any atom is 0.234 e. The molecule has 6 nitrogen and oxygen atoms in total. The zero-order chi connectivity index (χ0) is 19.2. The lowest BCUT2D eigenvalue weighted by Gasteiger charge is -2.23. The monoisotopic (exact) mass is 367 g/mol. The van der Waals surface area contributed by atoms with E-state index in [1.165, 1.54) is 0 Å². The van der Waals surface area contributed by atoms with Gasteiger partial charge in [-0.15, -0.1) is 0 Å². The van der Waals surface area contributed by atoms with Crippen LogP contribution in [-0.2, 0) is 22.6 Å². The number of primary amides is 1. The summed E-state index contributed by atoms with van der Waals surface area (Å²) in [4.78, 5) is 26.2. The number of carbonyl (C=O) groups excluding carboxylic acids is 2. The molecule has 1 aliphatic heterocycles. The molecule has 3 N–H and O–H groups in total. The first kappa shape index (κ1) is 18.9. The van der Waals surface area contributed by atoms with Gasteiger partial charge >= 0.3 is 0 Å². The standard InChI is InChI=1S/C21H25N3O3/c1-27-17-8-4-6-15(12-17)13-20(25)23-18-9-3-2-7-16(18)14-24-11-5-10-19(24)21(22)26/h2-4,6-9,12,19H,5,10-11,13-14H2,1H3,(H2,22,26)(H,23,25). The van der Waals surface area contributed by atoms with Crippen molar-refractivity contribution in [1.82, 2.24) is 4.90 Å². The number of ether oxygens (including phenoxy) is 1. The van der Waals surface area contributed by atoms with Gasteiger partial charge in [-0.25, -0.2) is 0 Å². The fraction of sp³-hybridized carbons (Fsp3) is 0.333. The van der Waals surface area contributed by atoms with Crippen molar-refractivity contribution in [2.75, 3.05) is 19.0 Å². The van der Waals surface area contributed by atoms with Gasteiger partial charge in [-0.2, -0.15) is 0 Å². The molecule has 0 aromatic heterocycles. The van der Waals surface area contributed by atoms with Crippen LogP contribution in [0, 0.1) is 0 Å². The molecule has 0 bridgehead atoms. The molecule has 142 valence electrons. The van der Waals surface area contributed by atoms with Crippen LogP contribution >= 0.6 is 0 Å². The molecule has 1 unspecified atom stereocenters. The summed E-state index contributed by atoms with van der Waals surface area (Å²) in [5, 5.41) is 2.99. The topological polar surface area (TPSA) is 84.7 Å². The SMILES string of the molecule is COc1cccc(CC(=O)Nc2ccccc2CN2CCCC2C(N)=O)c1. The molecule has 0 spiro atoms. The molecule has 1 fully saturated rings. The second-order valence-electron chi connectivity index (χ2n) is 6.76. The highest BCUT2D eigenvalue weighted by molar-refractivity contribution is 5.93. The summed E-state index contributed by atoms with van der Waals surface area (Å²) in [6, 6.07) is 14.9. The number of methoxy groups -OCH3 is 1. The third-order valence-electron chi connectivity index (χ3n) is 4.86. The Kier molecular flexibility index (Phi) is 6.08. The Balaban J connectivity index is 1.68. The van der Waals surface area contributed by atoms with E-state index < -0.39 is 0 Å². The molecule has 0 saturated carbocycles. The lowest BCUT2D eigenvalue weighted by molar-refractivity contribution is -0.122. The van der Waals surface area contributed by atoms with Gasteiger partial charge in [0.1, 0.15) is 5.75 Å². The van der Waals surface area contributed by atoms with Gasteiger partial charge in [-0.1, -0.05) is 30.3 Å². The zero-order valence-corrected chi connectivity index (χ0v) is 15.5. The van der Waals surface area contributed by atoms with Crippen molar-refractivity contribution in [3.63, 3.8) is 0 Å². The van der Waals surface area contributed by atoms with Gasteiger partial charge in [0, 0.05) is 12.2 Å². The predicted molar refractivity (Wildman–Crippen MR) is 104 cm³/mol. The van der Waals surface area contributed by atoms with Crippen LogP contribution in [0.25, 0.3) is 0 Å². The normalized spacial score (nSPS) is 16.9. The second kappa shape index (κ2) is 8.68. The van der Waals surface area contributed by atoms with Crippen molar-refractivity contribution in [2.24, 2.45) is 5.73 Å². The highest BCUT2D eigenvalue weighted by atomic mass is 16.5. The van der Waals surface area contributed by atoms with Gasteiger partial charge in [0.25, 0.3) is 0 Å². The highest BCUT2D eigenvalue weighted by Gasteiger charge is 2.29. The number of nitrogens with zero attached hydrogens (tertiary/aromatic N) is 1. The molecule has 27 heavy (non-hydrogen) atoms. The molecule has 1 saturated heterocycles. The number of likely N-dealkylation sites (tertiary alicyclic amines) is 1. The fourth-order valence-corrected chi connectivity index (χ4v) is 3.50. The Bertz CT molecular complexity index is 822. The van der Waals surface area contributed by atoms with E-state index in [4.69, 9.17) is 10.5 Å². The van der Waals surface area contributed by atoms with Crippen LogP contribution in [0.15, 0.2) is 48.5 Å². The molecule has 1 heterocycles. The number of anilines is 1. The van der Waals surface area contributed by atoms with Crippen LogP contribution in [0.5, 0.6) is 5.75 Å². The largest absolute Gasteiger partial charge is 0.497 e. The Hall–Kier alpha value is -2.86. The minimum Gasteiger partial charge on any atom is -0.497 e. The molecular weight excluding hydrogens is 342 g/mol. The van der Waals surface area contributed by atoms with E-state index in [0.717, 1.165) is 42.0 Å². The molecule has 2 aromatic carbocycles. The average molecular weight is 367 g/mol. The third kappa shape index (κ3) is 4.86. The summed E-state index contributed by atoms with van der Waals surface area (Å²) < 4.78 is 5.20. The maximum absolute atomic E-state index is 12.5. The van der Waals surface area contributed by atoms with Crippen molar-refractivity contribution in [1.29, 1.82) is 0 Å². The molecule has 2 aromatic rings. The van der Waals surface area contributed by atoms with Gasteiger partial charge in [0.15, 0.2) is 0 Å². The van der Waals surface area contributed by atoms with Crippen LogP contribution < -0.4 is 15.8 Å². The van der Waals surface area contributed by atoms with E-state index in [-0.39, 0.29) is 24.3 Å². The van der Waals surface area contributed by atoms with Gasteiger partial charge in [0.05, 0.1) is 19.6 Å². The van der Waals surface area contributed by atoms with Gasteiger partial charge in [-0.3, -0.25) is 14.5 Å². The summed E-state index contributed by atoms with van der Waals surface area (Å²) in [6.45, 7) is 1.42. The van der Waals surface area contributed by atoms with Crippen LogP contribution in [0.3, 0.4) is 0 Å². The van der Waals surface area contributed by atoms with Crippen LogP contribution in [0.2, 0.25) is 0 Å². The minimum absolute atomic E-state index is 0.0939. The second-order valence-corrected chi connectivity index (χ2v) is 6.76. The predicted octanol–water partition coefficient (Wildman–Crippen LogP) is 2.33. The number of nitrogens with two attached hydrogens (primary N) is 1. The highest BCUT2D eigenvalue weighted by Crippen LogP contribution is 2.24. The number of hydrogen-bond acceptors (Lipinski definition) is 4. The Labute approximate surface area is 159 Å². The van der Waals surface area contributed by atoms with Crippen molar-refractivity contribution in [2.45, 2.75) is 31.8 Å². The maximum atomic E-state index is 12.5. The Morgan fingerprint density at radius 3 is 2.81 bits per heavy atom. The number of para-hydroxylation sites is 1. The van der Waals surface area contributed by atoms with Crippen LogP contribution in [0.4, 0.5) is 5.69 Å². The Morgan fingerprint density at radius 2 is 2.04 bits per heavy atom. The summed E-state index contributed by atoms with van der Waals surface area (Å²) in [5.74, 6) is 0.350. The number of rotatable bonds is 7. The van der Waals surface area contributed by atoms with E-state index in [1.54, 1.807) is 7.11 Å². The lowest BCUT2D eigenvalue weighted by Crippen LogP contribution is -2.39. The molecule has 0 aliphatic carbocycles. The summed E-state index contributed by atoms with van der Waals surface area (Å²) in [5.41, 5.74) is 8.14. The van der Waals surface area contributed by atoms with Crippen LogP contribution in [-0.4, -0.2) is 36.4 Å². The first-order valence-electron chi connectivity index (χ1n) is 9.11. The number of amides is 2. The average Bonchev–Trinajstić information content (AvgIpc) is 3.12. The quantitative estimate of drug-likeness (QED) is 0.787. The molecule has 2 amide bonds. The number of nitrogens with one attached hydrogen (secondary N) is 1. The third-order valence-corrected chi connectivity index (χ3v) is 4.86. The van der Waals surface area contributed by atoms with Gasteiger partial charge in [-0.05, 0) is 48.7 Å². The summed E-state index contributed by atoms with van der Waals surface area (Å²) in [7, 11) is 1.60. The number of benzene rings is 2. The van der Waals surface area contributed by atoms with E-state index in [2.05, 4.69) is 10.2 Å². The summed E-state index contributed by atoms with van der Waals surface area (Å²) >= 11 is 0. The van der Waals surface area contributed by atoms with E-state index in [0.29, 0.717) is 6.54 Å². The van der Waals surface area contributed by atoms with Crippen molar-refractivity contribution < 1.29 is 14.3 Å². The van der Waals surface area contributed by atoms with E-state index >= 15 is 0 Å². The Morgan fingerprint density at radius 1 is 1.22 bits per heavy atom. The molecular formula is C21H25N3O3. The van der Waals surface area contributed by atoms with Gasteiger partial charge in [0.2, 0.25) is 11.8 Å². The van der Waals surface area contributed by atoms with Crippen molar-refractivity contribution in [3.8, 4) is 5.75 Å². The lowest BCUT2D eigenvalue weighted by atomic mass is 10.1. The molecule has 6 heteroatoms. The fourth-order valence-electron chi connectivity index (χ4n) is 3.50.